The fourth-order valence-corrected chi connectivity index (χ4v) is 2.43. The van der Waals surface area contributed by atoms with Crippen LogP contribution in [-0.2, 0) is 4.79 Å². The maximum Gasteiger partial charge on any atom is 2.00 e. The SMILES string of the molecule is CCCCCCCC/C=C\CCCCCCCC(=O)[O-].O=C([O-])O.OCCN(O)O.[Ca+2]. The summed E-state index contributed by atoms with van der Waals surface area (Å²) in [5, 5.41) is 48.9. The van der Waals surface area contributed by atoms with Gasteiger partial charge in [0.05, 0.1) is 13.2 Å². The number of aliphatic hydroxyl groups is 1. The molecular formula is C21H41CaNO8. The van der Waals surface area contributed by atoms with Crippen LogP contribution in [0.3, 0.4) is 0 Å². The molecule has 0 aliphatic rings. The van der Waals surface area contributed by atoms with Crippen LogP contribution in [-0.4, -0.2) is 88.9 Å². The Labute approximate surface area is 216 Å². The molecule has 180 valence electrons. The summed E-state index contributed by atoms with van der Waals surface area (Å²) in [6.07, 6.45) is 18.8. The van der Waals surface area contributed by atoms with E-state index < -0.39 is 12.1 Å². The molecule has 0 unspecified atom stereocenters. The van der Waals surface area contributed by atoms with Crippen LogP contribution in [0.25, 0.3) is 0 Å². The van der Waals surface area contributed by atoms with E-state index in [0.29, 0.717) is 0 Å². The Kier molecular flexibility index (Phi) is 41.8. The van der Waals surface area contributed by atoms with Gasteiger partial charge in [-0.05, 0) is 38.5 Å². The quantitative estimate of drug-likeness (QED) is 0.107. The summed E-state index contributed by atoms with van der Waals surface area (Å²) in [7, 11) is 0. The van der Waals surface area contributed by atoms with Crippen LogP contribution in [0.15, 0.2) is 12.2 Å². The number of hydrogen-bond acceptors (Lipinski definition) is 8. The summed E-state index contributed by atoms with van der Waals surface area (Å²) in [6.45, 7) is 1.89. The van der Waals surface area contributed by atoms with E-state index in [9.17, 15) is 9.90 Å². The number of hydrogen-bond donors (Lipinski definition) is 4. The smallest absolute Gasteiger partial charge is 0.565 e. The number of carboxylic acids is 1. The van der Waals surface area contributed by atoms with Gasteiger partial charge in [-0.3, -0.25) is 10.4 Å². The summed E-state index contributed by atoms with van der Waals surface area (Å²) in [5.74, 6) is -0.914. The zero-order valence-corrected chi connectivity index (χ0v) is 21.3. The minimum absolute atomic E-state index is 0. The molecule has 0 saturated heterocycles. The van der Waals surface area contributed by atoms with Crippen LogP contribution in [0, 0.1) is 0 Å². The minimum atomic E-state index is -2.08. The second-order valence-electron chi connectivity index (χ2n) is 6.79. The molecule has 0 fully saturated rings. The van der Waals surface area contributed by atoms with Crippen LogP contribution in [0.2, 0.25) is 0 Å². The Hall–Kier alpha value is -0.420. The molecule has 0 aromatic rings. The van der Waals surface area contributed by atoms with Gasteiger partial charge < -0.3 is 30.0 Å². The Morgan fingerprint density at radius 2 is 1.19 bits per heavy atom. The van der Waals surface area contributed by atoms with Gasteiger partial charge in [-0.25, -0.2) is 0 Å². The predicted octanol–water partition coefficient (Wildman–Crippen LogP) is 2.34. The van der Waals surface area contributed by atoms with E-state index in [-0.39, 0.29) is 62.5 Å². The van der Waals surface area contributed by atoms with Gasteiger partial charge in [0.2, 0.25) is 6.16 Å². The number of carbonyl (C=O) groups excluding carboxylic acids is 1. The molecule has 0 bridgehead atoms. The van der Waals surface area contributed by atoms with E-state index in [1.54, 1.807) is 0 Å². The molecular weight excluding hydrogens is 434 g/mol. The third-order valence-corrected chi connectivity index (χ3v) is 3.94. The summed E-state index contributed by atoms with van der Waals surface area (Å²) in [4.78, 5) is 18.7. The van der Waals surface area contributed by atoms with E-state index in [1.165, 1.54) is 64.2 Å². The number of carbonyl (C=O) groups is 2. The first kappa shape index (κ1) is 37.9. The van der Waals surface area contributed by atoms with Crippen LogP contribution < -0.4 is 10.2 Å². The van der Waals surface area contributed by atoms with Gasteiger partial charge in [-0.1, -0.05) is 75.7 Å². The first-order chi connectivity index (χ1) is 14.3. The molecule has 0 heterocycles. The maximum atomic E-state index is 10.2. The van der Waals surface area contributed by atoms with Crippen LogP contribution >= 0.6 is 0 Å². The van der Waals surface area contributed by atoms with Crippen LogP contribution in [0.1, 0.15) is 96.8 Å². The summed E-state index contributed by atoms with van der Waals surface area (Å²) < 4.78 is 0. The normalized spacial score (nSPS) is 9.97. The second-order valence-corrected chi connectivity index (χ2v) is 6.79. The monoisotopic (exact) mass is 475 g/mol. The molecule has 0 spiro atoms. The molecule has 0 atom stereocenters. The molecule has 9 nitrogen and oxygen atoms in total. The topological polar surface area (TPSA) is 164 Å². The Balaban J connectivity index is -0.000000275. The molecule has 0 amide bonds. The predicted molar refractivity (Wildman–Crippen MR) is 116 cm³/mol. The number of aliphatic carboxylic acids is 1. The zero-order chi connectivity index (χ0) is 23.5. The van der Waals surface area contributed by atoms with Crippen LogP contribution in [0.5, 0.6) is 0 Å². The van der Waals surface area contributed by atoms with Gasteiger partial charge in [0.25, 0.3) is 0 Å². The second kappa shape index (κ2) is 34.2. The Morgan fingerprint density at radius 1 is 0.806 bits per heavy atom. The summed E-state index contributed by atoms with van der Waals surface area (Å²) >= 11 is 0. The van der Waals surface area contributed by atoms with E-state index in [4.69, 9.17) is 30.5 Å². The van der Waals surface area contributed by atoms with Gasteiger partial charge in [0.15, 0.2) is 0 Å². The van der Waals surface area contributed by atoms with Crippen LogP contribution in [0.4, 0.5) is 4.79 Å². The summed E-state index contributed by atoms with van der Waals surface area (Å²) in [5.41, 5.74) is 0. The van der Waals surface area contributed by atoms with Crippen molar-refractivity contribution in [2.24, 2.45) is 0 Å². The standard InChI is InChI=1S/C18H34O2.C2H7NO3.CH2O3.Ca/c1-2-3-4-5-6-7-8-9-10-11-12-13-14-15-16-17-18(19)20;4-2-1-3(5)6;2-1(3)4;/h9-10H,2-8,11-17H2,1H3,(H,19,20);4-6H,1-2H2;(H2,2,3,4);/q;;;+2/p-2/b10-9-;;;. The van der Waals surface area contributed by atoms with Crippen molar-refractivity contribution in [2.45, 2.75) is 96.8 Å². The molecule has 10 heteroatoms. The van der Waals surface area contributed by atoms with Crippen molar-refractivity contribution in [1.82, 2.24) is 5.23 Å². The first-order valence-electron chi connectivity index (χ1n) is 10.8. The maximum absolute atomic E-state index is 10.2. The van der Waals surface area contributed by atoms with Crippen molar-refractivity contribution in [1.29, 1.82) is 0 Å². The number of unbranched alkanes of at least 4 members (excludes halogenated alkanes) is 11. The van der Waals surface area contributed by atoms with E-state index in [1.807, 2.05) is 0 Å². The van der Waals surface area contributed by atoms with E-state index in [0.717, 1.165) is 19.3 Å². The Bertz CT molecular complexity index is 392. The first-order valence-corrected chi connectivity index (χ1v) is 10.8. The molecule has 0 saturated carbocycles. The van der Waals surface area contributed by atoms with Crippen molar-refractivity contribution in [3.05, 3.63) is 12.2 Å². The van der Waals surface area contributed by atoms with E-state index in [2.05, 4.69) is 19.1 Å². The third kappa shape index (κ3) is 58.7. The summed E-state index contributed by atoms with van der Waals surface area (Å²) in [6, 6.07) is 0. The Morgan fingerprint density at radius 3 is 1.52 bits per heavy atom. The van der Waals surface area contributed by atoms with Crippen molar-refractivity contribution in [3.63, 3.8) is 0 Å². The van der Waals surface area contributed by atoms with Gasteiger partial charge in [0, 0.05) is 5.97 Å². The van der Waals surface area contributed by atoms with Crippen molar-refractivity contribution in [3.8, 4) is 0 Å². The molecule has 0 rings (SSSR count). The third-order valence-electron chi connectivity index (χ3n) is 3.94. The molecule has 4 N–H and O–H groups in total. The zero-order valence-electron chi connectivity index (χ0n) is 19.0. The number of rotatable bonds is 17. The van der Waals surface area contributed by atoms with Gasteiger partial charge in [-0.2, -0.15) is 0 Å². The average molecular weight is 476 g/mol. The fourth-order valence-electron chi connectivity index (χ4n) is 2.43. The fraction of sp³-hybridized carbons (Fsp3) is 0.810. The molecule has 0 aliphatic carbocycles. The number of nitrogens with zero attached hydrogens (tertiary/aromatic N) is 1. The van der Waals surface area contributed by atoms with Crippen molar-refractivity contribution in [2.75, 3.05) is 13.2 Å². The number of carboxylic acid groups (broad SMARTS) is 3. The molecule has 0 radical (unpaired) electrons. The molecule has 0 aromatic carbocycles. The average Bonchev–Trinajstić information content (AvgIpc) is 2.64. The molecule has 31 heavy (non-hydrogen) atoms. The van der Waals surface area contributed by atoms with Gasteiger partial charge >= 0.3 is 37.7 Å². The number of hydroxylamine groups is 2. The minimum Gasteiger partial charge on any atom is -0.565 e. The van der Waals surface area contributed by atoms with Crippen molar-refractivity contribution < 1.29 is 40.4 Å². The molecule has 0 aromatic heterocycles. The van der Waals surface area contributed by atoms with Gasteiger partial charge in [-0.15, -0.1) is 0 Å². The largest absolute Gasteiger partial charge is 2.00 e. The number of aliphatic hydroxyl groups excluding tert-OH is 1. The van der Waals surface area contributed by atoms with Crippen molar-refractivity contribution >= 4 is 49.9 Å². The van der Waals surface area contributed by atoms with Gasteiger partial charge in [0.1, 0.15) is 0 Å². The molecule has 0 aliphatic heterocycles. The van der Waals surface area contributed by atoms with E-state index >= 15 is 0 Å². The number of allylic oxidation sites excluding steroid dienone is 2.